The van der Waals surface area contributed by atoms with Gasteiger partial charge in [0.25, 0.3) is 0 Å². The normalized spacial score (nSPS) is 19.2. The van der Waals surface area contributed by atoms with E-state index in [1.165, 1.54) is 39.2 Å². The van der Waals surface area contributed by atoms with Crippen molar-refractivity contribution in [2.75, 3.05) is 26.9 Å². The Hall–Kier alpha value is -0.610. The summed E-state index contributed by atoms with van der Waals surface area (Å²) in [6.07, 6.45) is 9.57. The van der Waals surface area contributed by atoms with Crippen LogP contribution in [0.15, 0.2) is 0 Å². The van der Waals surface area contributed by atoms with Crippen molar-refractivity contribution in [1.29, 1.82) is 0 Å². The van der Waals surface area contributed by atoms with Gasteiger partial charge in [-0.15, -0.1) is 0 Å². The second-order valence-electron chi connectivity index (χ2n) is 6.39. The first kappa shape index (κ1) is 18.4. The molecule has 0 aromatic heterocycles. The molecule has 0 aliphatic heterocycles. The van der Waals surface area contributed by atoms with Crippen LogP contribution in [0.4, 0.5) is 0 Å². The topological polar surface area (TPSA) is 47.6 Å². The van der Waals surface area contributed by atoms with Crippen molar-refractivity contribution in [3.63, 3.8) is 0 Å². The number of ether oxygens (including phenoxy) is 2. The number of hydrogen-bond donors (Lipinski definition) is 1. The van der Waals surface area contributed by atoms with Crippen molar-refractivity contribution in [2.45, 2.75) is 70.8 Å². The molecule has 0 saturated heterocycles. The van der Waals surface area contributed by atoms with Gasteiger partial charge in [0, 0.05) is 13.2 Å². The summed E-state index contributed by atoms with van der Waals surface area (Å²) in [6.45, 7) is 6.42. The molecule has 4 heteroatoms. The molecule has 1 aliphatic rings. The standard InChI is InChI=1S/C17H33NO3/c1-4-18-17(2,16(19)20-3)12-8-9-13-21-14-15-10-6-5-7-11-15/h15,18H,4-14H2,1-3H3. The lowest BCUT2D eigenvalue weighted by atomic mass is 9.90. The second-order valence-corrected chi connectivity index (χ2v) is 6.39. The minimum Gasteiger partial charge on any atom is -0.468 e. The first-order valence-corrected chi connectivity index (χ1v) is 8.53. The fourth-order valence-electron chi connectivity index (χ4n) is 3.16. The highest BCUT2D eigenvalue weighted by Gasteiger charge is 2.32. The van der Waals surface area contributed by atoms with Gasteiger partial charge >= 0.3 is 5.97 Å². The molecule has 0 amide bonds. The second kappa shape index (κ2) is 10.2. The average Bonchev–Trinajstić information content (AvgIpc) is 2.51. The number of methoxy groups -OCH3 is 1. The van der Waals surface area contributed by atoms with Crippen LogP contribution in [0.5, 0.6) is 0 Å². The first-order chi connectivity index (χ1) is 10.1. The Balaban J connectivity index is 2.12. The zero-order chi connectivity index (χ0) is 15.6. The number of likely N-dealkylation sites (N-methyl/N-ethyl adjacent to an activating group) is 1. The van der Waals surface area contributed by atoms with E-state index in [1.54, 1.807) is 0 Å². The first-order valence-electron chi connectivity index (χ1n) is 8.53. The Morgan fingerprint density at radius 3 is 2.57 bits per heavy atom. The third-order valence-corrected chi connectivity index (χ3v) is 4.50. The van der Waals surface area contributed by atoms with E-state index in [1.807, 2.05) is 13.8 Å². The third kappa shape index (κ3) is 6.79. The molecular weight excluding hydrogens is 266 g/mol. The summed E-state index contributed by atoms with van der Waals surface area (Å²) in [7, 11) is 1.45. The van der Waals surface area contributed by atoms with Crippen LogP contribution in [0, 0.1) is 5.92 Å². The van der Waals surface area contributed by atoms with Gasteiger partial charge in [0.1, 0.15) is 5.54 Å². The number of rotatable bonds is 10. The monoisotopic (exact) mass is 299 g/mol. The smallest absolute Gasteiger partial charge is 0.325 e. The van der Waals surface area contributed by atoms with Crippen LogP contribution in [0.25, 0.3) is 0 Å². The van der Waals surface area contributed by atoms with Gasteiger partial charge < -0.3 is 14.8 Å². The molecule has 1 unspecified atom stereocenters. The molecule has 0 heterocycles. The van der Waals surface area contributed by atoms with Crippen molar-refractivity contribution >= 4 is 5.97 Å². The van der Waals surface area contributed by atoms with Gasteiger partial charge in [-0.1, -0.05) is 26.2 Å². The Morgan fingerprint density at radius 1 is 1.24 bits per heavy atom. The summed E-state index contributed by atoms with van der Waals surface area (Å²) in [6, 6.07) is 0. The van der Waals surface area contributed by atoms with Crippen LogP contribution in [0.1, 0.15) is 65.2 Å². The van der Waals surface area contributed by atoms with Gasteiger partial charge in [0.2, 0.25) is 0 Å². The van der Waals surface area contributed by atoms with Crippen molar-refractivity contribution in [3.05, 3.63) is 0 Å². The quantitative estimate of drug-likeness (QED) is 0.497. The SMILES string of the molecule is CCNC(C)(CCCCOCC1CCCCC1)C(=O)OC. The van der Waals surface area contributed by atoms with Gasteiger partial charge in [-0.3, -0.25) is 4.79 Å². The highest BCUT2D eigenvalue weighted by Crippen LogP contribution is 2.23. The zero-order valence-electron chi connectivity index (χ0n) is 14.1. The summed E-state index contributed by atoms with van der Waals surface area (Å²) in [4.78, 5) is 11.8. The van der Waals surface area contributed by atoms with Crippen LogP contribution in [0.2, 0.25) is 0 Å². The average molecular weight is 299 g/mol. The van der Waals surface area contributed by atoms with Crippen molar-refractivity contribution in [1.82, 2.24) is 5.32 Å². The maximum Gasteiger partial charge on any atom is 0.325 e. The Morgan fingerprint density at radius 2 is 1.95 bits per heavy atom. The molecule has 1 aliphatic carbocycles. The number of nitrogens with one attached hydrogen (secondary N) is 1. The van der Waals surface area contributed by atoms with Crippen LogP contribution in [-0.4, -0.2) is 38.4 Å². The molecule has 1 fully saturated rings. The molecule has 0 aromatic carbocycles. The predicted octanol–water partition coefficient (Wildman–Crippen LogP) is 3.29. The van der Waals surface area contributed by atoms with E-state index in [2.05, 4.69) is 5.32 Å². The van der Waals surface area contributed by atoms with Crippen molar-refractivity contribution in [3.8, 4) is 0 Å². The van der Waals surface area contributed by atoms with E-state index < -0.39 is 5.54 Å². The molecule has 1 saturated carbocycles. The molecule has 4 nitrogen and oxygen atoms in total. The molecule has 0 radical (unpaired) electrons. The van der Waals surface area contributed by atoms with E-state index in [9.17, 15) is 4.79 Å². The highest BCUT2D eigenvalue weighted by atomic mass is 16.5. The van der Waals surface area contributed by atoms with Crippen molar-refractivity contribution in [2.24, 2.45) is 5.92 Å². The minimum absolute atomic E-state index is 0.174. The molecule has 0 bridgehead atoms. The van der Waals surface area contributed by atoms with Gasteiger partial charge in [-0.25, -0.2) is 0 Å². The maximum atomic E-state index is 11.8. The summed E-state index contributed by atoms with van der Waals surface area (Å²) >= 11 is 0. The maximum absolute atomic E-state index is 11.8. The zero-order valence-corrected chi connectivity index (χ0v) is 14.1. The van der Waals surface area contributed by atoms with Gasteiger partial charge in [-0.2, -0.15) is 0 Å². The van der Waals surface area contributed by atoms with Gasteiger partial charge in [-0.05, 0) is 51.5 Å². The van der Waals surface area contributed by atoms with Gasteiger partial charge in [0.15, 0.2) is 0 Å². The lowest BCUT2D eigenvalue weighted by molar-refractivity contribution is -0.148. The number of carbonyl (C=O) groups is 1. The minimum atomic E-state index is -0.563. The lowest BCUT2D eigenvalue weighted by Crippen LogP contribution is -2.50. The lowest BCUT2D eigenvalue weighted by Gasteiger charge is -2.27. The fourth-order valence-corrected chi connectivity index (χ4v) is 3.16. The largest absolute Gasteiger partial charge is 0.468 e. The number of carbonyl (C=O) groups excluding carboxylic acids is 1. The van der Waals surface area contributed by atoms with E-state index in [-0.39, 0.29) is 5.97 Å². The number of esters is 1. The predicted molar refractivity (Wildman–Crippen MR) is 85.3 cm³/mol. The Bertz CT molecular complexity index is 290. The third-order valence-electron chi connectivity index (χ3n) is 4.50. The van der Waals surface area contributed by atoms with Crippen LogP contribution >= 0.6 is 0 Å². The van der Waals surface area contributed by atoms with Crippen LogP contribution < -0.4 is 5.32 Å². The fraction of sp³-hybridized carbons (Fsp3) is 0.941. The van der Waals surface area contributed by atoms with E-state index >= 15 is 0 Å². The molecule has 1 rings (SSSR count). The van der Waals surface area contributed by atoms with E-state index in [0.29, 0.717) is 0 Å². The summed E-state index contributed by atoms with van der Waals surface area (Å²) in [5.41, 5.74) is -0.563. The molecule has 124 valence electrons. The molecular formula is C17H33NO3. The summed E-state index contributed by atoms with van der Waals surface area (Å²) in [5, 5.41) is 3.24. The highest BCUT2D eigenvalue weighted by molar-refractivity contribution is 5.80. The van der Waals surface area contributed by atoms with Gasteiger partial charge in [0.05, 0.1) is 7.11 Å². The summed E-state index contributed by atoms with van der Waals surface area (Å²) in [5.74, 6) is 0.605. The molecule has 0 aromatic rings. The molecule has 21 heavy (non-hydrogen) atoms. The summed E-state index contributed by atoms with van der Waals surface area (Å²) < 4.78 is 10.7. The van der Waals surface area contributed by atoms with Crippen molar-refractivity contribution < 1.29 is 14.3 Å². The van der Waals surface area contributed by atoms with E-state index in [0.717, 1.165) is 44.9 Å². The molecule has 1 N–H and O–H groups in total. The number of hydrogen-bond acceptors (Lipinski definition) is 4. The molecule has 1 atom stereocenters. The van der Waals surface area contributed by atoms with Crippen LogP contribution in [0.3, 0.4) is 0 Å². The van der Waals surface area contributed by atoms with Crippen LogP contribution in [-0.2, 0) is 14.3 Å². The number of unbranched alkanes of at least 4 members (excludes halogenated alkanes) is 1. The Labute approximate surface area is 130 Å². The Kier molecular flexibility index (Phi) is 8.93. The van der Waals surface area contributed by atoms with E-state index in [4.69, 9.17) is 9.47 Å². The molecule has 0 spiro atoms.